The van der Waals surface area contributed by atoms with Crippen molar-refractivity contribution in [1.29, 1.82) is 0 Å². The Morgan fingerprint density at radius 3 is 2.60 bits per heavy atom. The first-order valence-electron chi connectivity index (χ1n) is 8.89. The van der Waals surface area contributed by atoms with Gasteiger partial charge in [-0.05, 0) is 49.8 Å². The normalized spacial score (nSPS) is 22.2. The van der Waals surface area contributed by atoms with E-state index in [9.17, 15) is 9.59 Å². The first-order chi connectivity index (χ1) is 12.0. The summed E-state index contributed by atoms with van der Waals surface area (Å²) < 4.78 is 4.92. The number of rotatable bonds is 5. The molecular formula is C19H25ClN2O3. The molecule has 5 nitrogen and oxygen atoms in total. The quantitative estimate of drug-likeness (QED) is 0.873. The molecule has 0 aromatic heterocycles. The average Bonchev–Trinajstić information content (AvgIpc) is 2.59. The second-order valence-electron chi connectivity index (χ2n) is 7.04. The Hall–Kier alpha value is -1.59. The SMILES string of the molecule is COCC(=O)N1CCCC(C(=O)NC2(c3ccc(Cl)cc3)CCC2)C1. The van der Waals surface area contributed by atoms with Gasteiger partial charge in [0.25, 0.3) is 0 Å². The molecule has 1 atom stereocenters. The van der Waals surface area contributed by atoms with Crippen molar-refractivity contribution < 1.29 is 14.3 Å². The molecule has 0 bridgehead atoms. The van der Waals surface area contributed by atoms with Gasteiger partial charge in [0.05, 0.1) is 11.5 Å². The topological polar surface area (TPSA) is 58.6 Å². The van der Waals surface area contributed by atoms with Gasteiger partial charge in [-0.1, -0.05) is 23.7 Å². The zero-order valence-corrected chi connectivity index (χ0v) is 15.3. The van der Waals surface area contributed by atoms with Crippen LogP contribution in [0.25, 0.3) is 0 Å². The molecule has 0 radical (unpaired) electrons. The minimum absolute atomic E-state index is 0.0453. The van der Waals surface area contributed by atoms with Crippen LogP contribution in [0.5, 0.6) is 0 Å². The minimum atomic E-state index is -0.277. The monoisotopic (exact) mass is 364 g/mol. The Labute approximate surface area is 153 Å². The number of likely N-dealkylation sites (tertiary alicyclic amines) is 1. The molecule has 1 saturated heterocycles. The van der Waals surface area contributed by atoms with E-state index in [-0.39, 0.29) is 29.9 Å². The number of piperidine rings is 1. The largest absolute Gasteiger partial charge is 0.375 e. The van der Waals surface area contributed by atoms with E-state index in [1.165, 1.54) is 7.11 Å². The molecule has 0 spiro atoms. The molecule has 6 heteroatoms. The van der Waals surface area contributed by atoms with Crippen LogP contribution in [-0.2, 0) is 19.9 Å². The van der Waals surface area contributed by atoms with Crippen molar-refractivity contribution in [2.45, 2.75) is 37.6 Å². The molecule has 1 aliphatic heterocycles. The van der Waals surface area contributed by atoms with Gasteiger partial charge < -0.3 is 15.0 Å². The number of amides is 2. The van der Waals surface area contributed by atoms with E-state index in [1.807, 2.05) is 24.3 Å². The maximum absolute atomic E-state index is 12.9. The van der Waals surface area contributed by atoms with Crippen LogP contribution in [0.15, 0.2) is 24.3 Å². The van der Waals surface area contributed by atoms with Crippen molar-refractivity contribution in [3.63, 3.8) is 0 Å². The van der Waals surface area contributed by atoms with Gasteiger partial charge >= 0.3 is 0 Å². The molecule has 1 aromatic rings. The average molecular weight is 365 g/mol. The van der Waals surface area contributed by atoms with Crippen molar-refractivity contribution in [2.75, 3.05) is 26.8 Å². The lowest BCUT2D eigenvalue weighted by Gasteiger charge is -2.44. The van der Waals surface area contributed by atoms with Crippen LogP contribution in [0, 0.1) is 5.92 Å². The first-order valence-corrected chi connectivity index (χ1v) is 9.27. The van der Waals surface area contributed by atoms with E-state index in [2.05, 4.69) is 5.32 Å². The van der Waals surface area contributed by atoms with Crippen molar-refractivity contribution in [2.24, 2.45) is 5.92 Å². The number of carbonyl (C=O) groups is 2. The Morgan fingerprint density at radius 2 is 2.00 bits per heavy atom. The fourth-order valence-electron chi connectivity index (χ4n) is 3.76. The summed E-state index contributed by atoms with van der Waals surface area (Å²) in [6, 6.07) is 7.73. The number of hydrogen-bond acceptors (Lipinski definition) is 3. The molecule has 2 amide bonds. The number of nitrogens with one attached hydrogen (secondary N) is 1. The van der Waals surface area contributed by atoms with E-state index in [0.717, 1.165) is 37.7 Å². The molecule has 2 aliphatic rings. The zero-order chi connectivity index (χ0) is 17.9. The van der Waals surface area contributed by atoms with Gasteiger partial charge in [0.2, 0.25) is 11.8 Å². The summed E-state index contributed by atoms with van der Waals surface area (Å²) in [6.07, 6.45) is 4.66. The number of hydrogen-bond donors (Lipinski definition) is 1. The predicted octanol–water partition coefficient (Wildman–Crippen LogP) is 2.72. The lowest BCUT2D eigenvalue weighted by molar-refractivity contribution is -0.139. The molecule has 2 fully saturated rings. The summed E-state index contributed by atoms with van der Waals surface area (Å²) in [7, 11) is 1.51. The van der Waals surface area contributed by atoms with Gasteiger partial charge in [0.15, 0.2) is 0 Å². The molecular weight excluding hydrogens is 340 g/mol. The highest BCUT2D eigenvalue weighted by molar-refractivity contribution is 6.30. The Kier molecular flexibility index (Phi) is 5.64. The third-order valence-electron chi connectivity index (χ3n) is 5.38. The second-order valence-corrected chi connectivity index (χ2v) is 7.48. The molecule has 136 valence electrons. The second kappa shape index (κ2) is 7.75. The van der Waals surface area contributed by atoms with Crippen molar-refractivity contribution in [3.8, 4) is 0 Å². The van der Waals surface area contributed by atoms with E-state index in [1.54, 1.807) is 4.90 Å². The zero-order valence-electron chi connectivity index (χ0n) is 14.6. The van der Waals surface area contributed by atoms with Crippen LogP contribution < -0.4 is 5.32 Å². The van der Waals surface area contributed by atoms with Gasteiger partial charge in [-0.25, -0.2) is 0 Å². The number of ether oxygens (including phenoxy) is 1. The van der Waals surface area contributed by atoms with Crippen LogP contribution in [0.3, 0.4) is 0 Å². The molecule has 1 heterocycles. The molecule has 1 aromatic carbocycles. The summed E-state index contributed by atoms with van der Waals surface area (Å²) >= 11 is 5.99. The van der Waals surface area contributed by atoms with E-state index in [0.29, 0.717) is 18.1 Å². The Balaban J connectivity index is 1.66. The van der Waals surface area contributed by atoms with Gasteiger partial charge in [-0.15, -0.1) is 0 Å². The minimum Gasteiger partial charge on any atom is -0.375 e. The van der Waals surface area contributed by atoms with Gasteiger partial charge in [-0.3, -0.25) is 9.59 Å². The lowest BCUT2D eigenvalue weighted by Crippen LogP contribution is -2.55. The van der Waals surface area contributed by atoms with E-state index < -0.39 is 0 Å². The maximum Gasteiger partial charge on any atom is 0.248 e. The van der Waals surface area contributed by atoms with Gasteiger partial charge in [0, 0.05) is 25.2 Å². The molecule has 1 unspecified atom stereocenters. The molecule has 3 rings (SSSR count). The third kappa shape index (κ3) is 3.98. The van der Waals surface area contributed by atoms with E-state index in [4.69, 9.17) is 16.3 Å². The van der Waals surface area contributed by atoms with Crippen LogP contribution in [0.4, 0.5) is 0 Å². The molecule has 1 N–H and O–H groups in total. The fraction of sp³-hybridized carbons (Fsp3) is 0.579. The summed E-state index contributed by atoms with van der Waals surface area (Å²) in [6.45, 7) is 1.25. The first kappa shape index (κ1) is 18.2. The van der Waals surface area contributed by atoms with Crippen LogP contribution in [0.2, 0.25) is 5.02 Å². The number of methoxy groups -OCH3 is 1. The Bertz CT molecular complexity index is 628. The fourth-order valence-corrected chi connectivity index (χ4v) is 3.88. The lowest BCUT2D eigenvalue weighted by atomic mass is 9.71. The number of benzene rings is 1. The number of nitrogens with zero attached hydrogens (tertiary/aromatic N) is 1. The predicted molar refractivity (Wildman–Crippen MR) is 96.3 cm³/mol. The third-order valence-corrected chi connectivity index (χ3v) is 5.63. The maximum atomic E-state index is 12.9. The molecule has 1 aliphatic carbocycles. The summed E-state index contributed by atoms with van der Waals surface area (Å²) in [5, 5.41) is 3.97. The van der Waals surface area contributed by atoms with Crippen LogP contribution >= 0.6 is 11.6 Å². The van der Waals surface area contributed by atoms with E-state index >= 15 is 0 Å². The van der Waals surface area contributed by atoms with Crippen LogP contribution in [-0.4, -0.2) is 43.5 Å². The van der Waals surface area contributed by atoms with Crippen molar-refractivity contribution >= 4 is 23.4 Å². The van der Waals surface area contributed by atoms with Crippen LogP contribution in [0.1, 0.15) is 37.7 Å². The highest BCUT2D eigenvalue weighted by Gasteiger charge is 2.41. The van der Waals surface area contributed by atoms with Crippen molar-refractivity contribution in [3.05, 3.63) is 34.9 Å². The highest BCUT2D eigenvalue weighted by atomic mass is 35.5. The smallest absolute Gasteiger partial charge is 0.248 e. The van der Waals surface area contributed by atoms with Crippen molar-refractivity contribution in [1.82, 2.24) is 10.2 Å². The molecule has 1 saturated carbocycles. The number of carbonyl (C=O) groups excluding carboxylic acids is 2. The summed E-state index contributed by atoms with van der Waals surface area (Å²) in [4.78, 5) is 26.6. The molecule has 25 heavy (non-hydrogen) atoms. The Morgan fingerprint density at radius 1 is 1.28 bits per heavy atom. The standard InChI is InChI=1S/C19H25ClN2O3/c1-25-13-17(23)22-11-2-4-14(12-22)18(24)21-19(9-3-10-19)15-5-7-16(20)8-6-15/h5-8,14H,2-4,9-13H2,1H3,(H,21,24). The summed E-state index contributed by atoms with van der Waals surface area (Å²) in [5.41, 5.74) is 0.833. The highest BCUT2D eigenvalue weighted by Crippen LogP contribution is 2.42. The summed E-state index contributed by atoms with van der Waals surface area (Å²) in [5.74, 6) is -0.153. The van der Waals surface area contributed by atoms with Gasteiger partial charge in [0.1, 0.15) is 6.61 Å². The van der Waals surface area contributed by atoms with Gasteiger partial charge in [-0.2, -0.15) is 0 Å². The number of halogens is 1.